The lowest BCUT2D eigenvalue weighted by atomic mass is 9.76. The highest BCUT2D eigenvalue weighted by Crippen LogP contribution is 2.35. The van der Waals surface area contributed by atoms with Gasteiger partial charge in [-0.25, -0.2) is 0 Å². The molecule has 2 nitrogen and oxygen atoms in total. The van der Waals surface area contributed by atoms with E-state index >= 15 is 0 Å². The van der Waals surface area contributed by atoms with E-state index in [1.807, 2.05) is 0 Å². The molecule has 0 saturated carbocycles. The molecule has 1 saturated heterocycles. The van der Waals surface area contributed by atoms with Crippen LogP contribution in [0.5, 0.6) is 0 Å². The average molecular weight is 284 g/mol. The summed E-state index contributed by atoms with van der Waals surface area (Å²) >= 11 is 0. The van der Waals surface area contributed by atoms with Gasteiger partial charge in [0.15, 0.2) is 0 Å². The Morgan fingerprint density at radius 2 is 1.30 bits per heavy atom. The van der Waals surface area contributed by atoms with Crippen LogP contribution in [0.15, 0.2) is 0 Å². The largest absolute Gasteiger partial charge is 0.396 e. The number of aliphatic hydroxyl groups is 1. The van der Waals surface area contributed by atoms with Crippen molar-refractivity contribution in [1.29, 1.82) is 0 Å². The minimum Gasteiger partial charge on any atom is -0.396 e. The number of unbranched alkanes of at least 4 members (excludes halogenated alkanes) is 9. The van der Waals surface area contributed by atoms with E-state index in [1.54, 1.807) is 0 Å². The van der Waals surface area contributed by atoms with E-state index in [1.165, 1.54) is 70.6 Å². The highest BCUT2D eigenvalue weighted by atomic mass is 16.5. The number of ether oxygens (including phenoxy) is 1. The van der Waals surface area contributed by atoms with Crippen molar-refractivity contribution in [2.45, 2.75) is 90.4 Å². The van der Waals surface area contributed by atoms with E-state index in [4.69, 9.17) is 4.74 Å². The molecule has 0 atom stereocenters. The monoisotopic (exact) mass is 284 g/mol. The second-order valence-electron chi connectivity index (χ2n) is 6.70. The summed E-state index contributed by atoms with van der Waals surface area (Å²) in [6, 6.07) is 0. The standard InChI is InChI=1S/C18H36O2/c1-2-3-4-5-6-7-8-9-10-11-12-18(17-19)13-15-20-16-14-18/h19H,2-17H2,1H3. The van der Waals surface area contributed by atoms with E-state index in [2.05, 4.69) is 6.92 Å². The molecule has 0 bridgehead atoms. The lowest BCUT2D eigenvalue weighted by molar-refractivity contribution is -0.0218. The summed E-state index contributed by atoms with van der Waals surface area (Å²) in [5, 5.41) is 9.63. The molecule has 1 fully saturated rings. The fourth-order valence-electron chi connectivity index (χ4n) is 3.28. The third-order valence-corrected chi connectivity index (χ3v) is 4.95. The molecule has 0 aromatic rings. The topological polar surface area (TPSA) is 29.5 Å². The minimum absolute atomic E-state index is 0.193. The van der Waals surface area contributed by atoms with Gasteiger partial charge in [0.2, 0.25) is 0 Å². The van der Waals surface area contributed by atoms with E-state index < -0.39 is 0 Å². The van der Waals surface area contributed by atoms with E-state index in [-0.39, 0.29) is 5.41 Å². The van der Waals surface area contributed by atoms with Crippen LogP contribution in [0, 0.1) is 5.41 Å². The first-order valence-corrected chi connectivity index (χ1v) is 9.01. The summed E-state index contributed by atoms with van der Waals surface area (Å²) in [5.74, 6) is 0. The fraction of sp³-hybridized carbons (Fsp3) is 1.00. The highest BCUT2D eigenvalue weighted by Gasteiger charge is 2.30. The zero-order chi connectivity index (χ0) is 14.5. The Kier molecular flexibility index (Phi) is 10.4. The lowest BCUT2D eigenvalue weighted by Gasteiger charge is -2.35. The fourth-order valence-corrected chi connectivity index (χ4v) is 3.28. The van der Waals surface area contributed by atoms with Crippen LogP contribution < -0.4 is 0 Å². The minimum atomic E-state index is 0.193. The van der Waals surface area contributed by atoms with Crippen molar-refractivity contribution in [2.24, 2.45) is 5.41 Å². The van der Waals surface area contributed by atoms with Crippen molar-refractivity contribution in [2.75, 3.05) is 19.8 Å². The summed E-state index contributed by atoms with van der Waals surface area (Å²) in [6.07, 6.45) is 17.2. The van der Waals surface area contributed by atoms with Crippen LogP contribution in [0.25, 0.3) is 0 Å². The molecule has 0 amide bonds. The van der Waals surface area contributed by atoms with Crippen LogP contribution in [0.3, 0.4) is 0 Å². The van der Waals surface area contributed by atoms with Crippen molar-refractivity contribution in [3.05, 3.63) is 0 Å². The van der Waals surface area contributed by atoms with Gasteiger partial charge < -0.3 is 9.84 Å². The molecule has 120 valence electrons. The maximum atomic E-state index is 9.63. The third kappa shape index (κ3) is 7.64. The molecule has 1 N–H and O–H groups in total. The Bertz CT molecular complexity index is 209. The van der Waals surface area contributed by atoms with Gasteiger partial charge in [-0.3, -0.25) is 0 Å². The van der Waals surface area contributed by atoms with Crippen LogP contribution in [-0.2, 0) is 4.74 Å². The Balaban J connectivity index is 1.91. The molecule has 1 aliphatic rings. The molecule has 2 heteroatoms. The summed E-state index contributed by atoms with van der Waals surface area (Å²) in [5.41, 5.74) is 0.193. The second kappa shape index (κ2) is 11.6. The average Bonchev–Trinajstić information content (AvgIpc) is 2.50. The summed E-state index contributed by atoms with van der Waals surface area (Å²) < 4.78 is 5.42. The first-order chi connectivity index (χ1) is 9.83. The van der Waals surface area contributed by atoms with Crippen LogP contribution >= 0.6 is 0 Å². The number of rotatable bonds is 12. The van der Waals surface area contributed by atoms with Gasteiger partial charge >= 0.3 is 0 Å². The zero-order valence-corrected chi connectivity index (χ0v) is 13.7. The number of aliphatic hydroxyl groups excluding tert-OH is 1. The number of hydrogen-bond donors (Lipinski definition) is 1. The maximum absolute atomic E-state index is 9.63. The van der Waals surface area contributed by atoms with E-state index in [0.717, 1.165) is 26.1 Å². The Hall–Kier alpha value is -0.0800. The first kappa shape index (κ1) is 18.0. The summed E-state index contributed by atoms with van der Waals surface area (Å²) in [7, 11) is 0. The van der Waals surface area contributed by atoms with Crippen molar-refractivity contribution < 1.29 is 9.84 Å². The highest BCUT2D eigenvalue weighted by molar-refractivity contribution is 4.81. The normalized spacial score (nSPS) is 18.3. The smallest absolute Gasteiger partial charge is 0.0489 e. The molecule has 1 rings (SSSR count). The molecular weight excluding hydrogens is 248 g/mol. The van der Waals surface area contributed by atoms with E-state index in [9.17, 15) is 5.11 Å². The summed E-state index contributed by atoms with van der Waals surface area (Å²) in [4.78, 5) is 0. The molecule has 0 aromatic heterocycles. The summed E-state index contributed by atoms with van der Waals surface area (Å²) in [6.45, 7) is 4.32. The van der Waals surface area contributed by atoms with Gasteiger partial charge in [0, 0.05) is 19.8 Å². The van der Waals surface area contributed by atoms with Crippen molar-refractivity contribution >= 4 is 0 Å². The molecule has 0 aliphatic carbocycles. The lowest BCUT2D eigenvalue weighted by Crippen LogP contribution is -2.32. The molecular formula is C18H36O2. The molecule has 0 radical (unpaired) electrons. The third-order valence-electron chi connectivity index (χ3n) is 4.95. The van der Waals surface area contributed by atoms with Gasteiger partial charge in [0.05, 0.1) is 0 Å². The van der Waals surface area contributed by atoms with Gasteiger partial charge in [-0.2, -0.15) is 0 Å². The van der Waals surface area contributed by atoms with Crippen molar-refractivity contribution in [3.63, 3.8) is 0 Å². The van der Waals surface area contributed by atoms with Crippen LogP contribution in [0.4, 0.5) is 0 Å². The van der Waals surface area contributed by atoms with Gasteiger partial charge in [-0.15, -0.1) is 0 Å². The molecule has 0 aromatic carbocycles. The first-order valence-electron chi connectivity index (χ1n) is 9.01. The van der Waals surface area contributed by atoms with Crippen LogP contribution in [-0.4, -0.2) is 24.9 Å². The van der Waals surface area contributed by atoms with Crippen LogP contribution in [0.2, 0.25) is 0 Å². The van der Waals surface area contributed by atoms with E-state index in [0.29, 0.717) is 6.61 Å². The van der Waals surface area contributed by atoms with Gasteiger partial charge in [-0.05, 0) is 24.7 Å². The molecule has 0 unspecified atom stereocenters. The van der Waals surface area contributed by atoms with Crippen molar-refractivity contribution in [3.8, 4) is 0 Å². The predicted molar refractivity (Wildman–Crippen MR) is 86.0 cm³/mol. The quantitative estimate of drug-likeness (QED) is 0.506. The zero-order valence-electron chi connectivity index (χ0n) is 13.7. The Labute approximate surface area is 126 Å². The van der Waals surface area contributed by atoms with Crippen molar-refractivity contribution in [1.82, 2.24) is 0 Å². The molecule has 1 aliphatic heterocycles. The molecule has 1 heterocycles. The maximum Gasteiger partial charge on any atom is 0.0489 e. The molecule has 0 spiro atoms. The second-order valence-corrected chi connectivity index (χ2v) is 6.70. The SMILES string of the molecule is CCCCCCCCCCCCC1(CO)CCOCC1. The predicted octanol–water partition coefficient (Wildman–Crippen LogP) is 5.09. The van der Waals surface area contributed by atoms with Gasteiger partial charge in [-0.1, -0.05) is 71.1 Å². The van der Waals surface area contributed by atoms with Gasteiger partial charge in [0.25, 0.3) is 0 Å². The van der Waals surface area contributed by atoms with Gasteiger partial charge in [0.1, 0.15) is 0 Å². The van der Waals surface area contributed by atoms with Crippen LogP contribution in [0.1, 0.15) is 90.4 Å². The Morgan fingerprint density at radius 1 is 0.800 bits per heavy atom. The molecule has 20 heavy (non-hydrogen) atoms. The number of hydrogen-bond acceptors (Lipinski definition) is 2. The Morgan fingerprint density at radius 3 is 1.80 bits per heavy atom.